The second-order valence-corrected chi connectivity index (χ2v) is 9.28. The standard InChI is InChI=1S/C28H53N3O3/c1-4-7-10-11-12-13-14-15-16-17-18-19-20-27(33)31-25(28(34)30-24-9-6-3)21-22-26(32)29-23-8-5-2/h13-14,25H,4-12,15-24H2,1-3H3,(H,29,32)(H,30,34)(H,31,33)/b14-13+/t25-/m0/s1. The topological polar surface area (TPSA) is 87.3 Å². The molecule has 6 heteroatoms. The Hall–Kier alpha value is -1.85. The van der Waals surface area contributed by atoms with Crippen LogP contribution in [0.2, 0.25) is 0 Å². The minimum Gasteiger partial charge on any atom is -0.356 e. The summed E-state index contributed by atoms with van der Waals surface area (Å²) in [6.45, 7) is 7.63. The summed E-state index contributed by atoms with van der Waals surface area (Å²) in [6.07, 6.45) is 21.1. The van der Waals surface area contributed by atoms with Crippen LogP contribution in [-0.2, 0) is 14.4 Å². The smallest absolute Gasteiger partial charge is 0.242 e. The van der Waals surface area contributed by atoms with Crippen LogP contribution < -0.4 is 16.0 Å². The van der Waals surface area contributed by atoms with Gasteiger partial charge < -0.3 is 16.0 Å². The minimum absolute atomic E-state index is 0.0657. The number of hydrogen-bond acceptors (Lipinski definition) is 3. The van der Waals surface area contributed by atoms with Crippen LogP contribution in [0.15, 0.2) is 12.2 Å². The predicted octanol–water partition coefficient (Wildman–Crippen LogP) is 5.95. The molecule has 0 saturated carbocycles. The van der Waals surface area contributed by atoms with Gasteiger partial charge in [0.05, 0.1) is 0 Å². The van der Waals surface area contributed by atoms with Gasteiger partial charge >= 0.3 is 0 Å². The van der Waals surface area contributed by atoms with Crippen LogP contribution in [0.25, 0.3) is 0 Å². The number of carbonyl (C=O) groups is 3. The zero-order valence-electron chi connectivity index (χ0n) is 22.4. The molecule has 3 N–H and O–H groups in total. The van der Waals surface area contributed by atoms with Crippen LogP contribution in [0, 0.1) is 0 Å². The molecule has 0 spiro atoms. The zero-order valence-corrected chi connectivity index (χ0v) is 22.4. The lowest BCUT2D eigenvalue weighted by atomic mass is 10.1. The largest absolute Gasteiger partial charge is 0.356 e. The van der Waals surface area contributed by atoms with Crippen molar-refractivity contribution in [2.45, 2.75) is 136 Å². The van der Waals surface area contributed by atoms with Crippen LogP contribution in [0.5, 0.6) is 0 Å². The fourth-order valence-electron chi connectivity index (χ4n) is 3.64. The molecular weight excluding hydrogens is 426 g/mol. The summed E-state index contributed by atoms with van der Waals surface area (Å²) in [4.78, 5) is 37.0. The first-order chi connectivity index (χ1) is 16.5. The summed E-state index contributed by atoms with van der Waals surface area (Å²) in [5.74, 6) is -0.359. The van der Waals surface area contributed by atoms with E-state index in [9.17, 15) is 14.4 Å². The second kappa shape index (κ2) is 24.3. The van der Waals surface area contributed by atoms with Crippen molar-refractivity contribution in [1.29, 1.82) is 0 Å². The van der Waals surface area contributed by atoms with Gasteiger partial charge in [-0.2, -0.15) is 0 Å². The SMILES string of the molecule is CCCCCC/C=C/CCCCCCC(=O)N[C@@H](CCC(=O)NCCCC)C(=O)NCCCC. The average Bonchev–Trinajstić information content (AvgIpc) is 2.82. The van der Waals surface area contributed by atoms with E-state index in [0.29, 0.717) is 25.9 Å². The molecule has 0 aliphatic carbocycles. The number of unbranched alkanes of at least 4 members (excludes halogenated alkanes) is 10. The van der Waals surface area contributed by atoms with Crippen LogP contribution in [0.4, 0.5) is 0 Å². The first-order valence-corrected chi connectivity index (χ1v) is 14.0. The fourth-order valence-corrected chi connectivity index (χ4v) is 3.64. The Morgan fingerprint density at radius 3 is 1.79 bits per heavy atom. The summed E-state index contributed by atoms with van der Waals surface area (Å²) in [7, 11) is 0. The highest BCUT2D eigenvalue weighted by Crippen LogP contribution is 2.08. The van der Waals surface area contributed by atoms with Crippen molar-refractivity contribution in [3.05, 3.63) is 12.2 Å². The Morgan fingerprint density at radius 1 is 0.618 bits per heavy atom. The number of amides is 3. The molecule has 0 fully saturated rings. The third kappa shape index (κ3) is 20.7. The predicted molar refractivity (Wildman–Crippen MR) is 143 cm³/mol. The third-order valence-electron chi connectivity index (χ3n) is 5.91. The molecule has 198 valence electrons. The van der Waals surface area contributed by atoms with Crippen LogP contribution in [0.1, 0.15) is 130 Å². The van der Waals surface area contributed by atoms with Gasteiger partial charge in [-0.15, -0.1) is 0 Å². The van der Waals surface area contributed by atoms with Crippen molar-refractivity contribution in [2.24, 2.45) is 0 Å². The van der Waals surface area contributed by atoms with E-state index in [0.717, 1.165) is 57.8 Å². The molecule has 3 amide bonds. The highest BCUT2D eigenvalue weighted by Gasteiger charge is 2.21. The van der Waals surface area contributed by atoms with Crippen molar-refractivity contribution in [2.75, 3.05) is 13.1 Å². The van der Waals surface area contributed by atoms with Gasteiger partial charge in [0, 0.05) is 25.9 Å². The summed E-state index contributed by atoms with van der Waals surface area (Å²) >= 11 is 0. The number of hydrogen-bond donors (Lipinski definition) is 3. The lowest BCUT2D eigenvalue weighted by Crippen LogP contribution is -2.47. The lowest BCUT2D eigenvalue weighted by Gasteiger charge is -2.18. The number of allylic oxidation sites excluding steroid dienone is 2. The molecule has 6 nitrogen and oxygen atoms in total. The van der Waals surface area contributed by atoms with Gasteiger partial charge in [0.1, 0.15) is 6.04 Å². The van der Waals surface area contributed by atoms with E-state index in [-0.39, 0.29) is 24.1 Å². The van der Waals surface area contributed by atoms with Crippen molar-refractivity contribution in [3.8, 4) is 0 Å². The van der Waals surface area contributed by atoms with Gasteiger partial charge in [0.25, 0.3) is 0 Å². The summed E-state index contributed by atoms with van der Waals surface area (Å²) in [6, 6.07) is -0.649. The van der Waals surface area contributed by atoms with E-state index in [1.54, 1.807) is 0 Å². The molecular formula is C28H53N3O3. The molecule has 0 saturated heterocycles. The molecule has 0 aromatic heterocycles. The third-order valence-corrected chi connectivity index (χ3v) is 5.91. The summed E-state index contributed by atoms with van der Waals surface area (Å²) in [5, 5.41) is 8.63. The Kier molecular flexibility index (Phi) is 23.0. The highest BCUT2D eigenvalue weighted by molar-refractivity contribution is 5.88. The molecule has 1 atom stereocenters. The van der Waals surface area contributed by atoms with Crippen molar-refractivity contribution < 1.29 is 14.4 Å². The van der Waals surface area contributed by atoms with E-state index in [1.807, 2.05) is 0 Å². The summed E-state index contributed by atoms with van der Waals surface area (Å²) < 4.78 is 0. The molecule has 0 heterocycles. The molecule has 0 bridgehead atoms. The van der Waals surface area contributed by atoms with Crippen LogP contribution in [0.3, 0.4) is 0 Å². The molecule has 0 aliphatic heterocycles. The lowest BCUT2D eigenvalue weighted by molar-refractivity contribution is -0.129. The van der Waals surface area contributed by atoms with Gasteiger partial charge in [-0.1, -0.05) is 77.9 Å². The molecule has 0 aromatic carbocycles. The first-order valence-electron chi connectivity index (χ1n) is 14.0. The fraction of sp³-hybridized carbons (Fsp3) is 0.821. The Balaban J connectivity index is 4.16. The maximum absolute atomic E-state index is 12.5. The Morgan fingerprint density at radius 2 is 1.18 bits per heavy atom. The molecule has 0 aromatic rings. The van der Waals surface area contributed by atoms with Crippen LogP contribution >= 0.6 is 0 Å². The maximum atomic E-state index is 12.5. The number of rotatable bonds is 23. The van der Waals surface area contributed by atoms with Crippen molar-refractivity contribution >= 4 is 17.7 Å². The molecule has 0 unspecified atom stereocenters. The summed E-state index contributed by atoms with van der Waals surface area (Å²) in [5.41, 5.74) is 0. The first kappa shape index (κ1) is 32.1. The Bertz CT molecular complexity index is 549. The molecule has 34 heavy (non-hydrogen) atoms. The number of carbonyl (C=O) groups excluding carboxylic acids is 3. The second-order valence-electron chi connectivity index (χ2n) is 9.28. The van der Waals surface area contributed by atoms with E-state index in [4.69, 9.17) is 0 Å². The highest BCUT2D eigenvalue weighted by atomic mass is 16.2. The molecule has 0 rings (SSSR count). The van der Waals surface area contributed by atoms with E-state index in [1.165, 1.54) is 32.1 Å². The Labute approximate surface area is 209 Å². The molecule has 0 radical (unpaired) electrons. The van der Waals surface area contributed by atoms with E-state index >= 15 is 0 Å². The van der Waals surface area contributed by atoms with E-state index in [2.05, 4.69) is 48.9 Å². The van der Waals surface area contributed by atoms with Crippen LogP contribution in [-0.4, -0.2) is 36.9 Å². The van der Waals surface area contributed by atoms with Crippen molar-refractivity contribution in [3.63, 3.8) is 0 Å². The number of nitrogens with one attached hydrogen (secondary N) is 3. The van der Waals surface area contributed by atoms with Gasteiger partial charge in [-0.05, 0) is 51.4 Å². The maximum Gasteiger partial charge on any atom is 0.242 e. The average molecular weight is 480 g/mol. The van der Waals surface area contributed by atoms with Gasteiger partial charge in [0.2, 0.25) is 17.7 Å². The van der Waals surface area contributed by atoms with E-state index < -0.39 is 6.04 Å². The quantitative estimate of drug-likeness (QED) is 0.125. The zero-order chi connectivity index (χ0) is 25.3. The van der Waals surface area contributed by atoms with Gasteiger partial charge in [0.15, 0.2) is 0 Å². The molecule has 0 aliphatic rings. The minimum atomic E-state index is -0.649. The van der Waals surface area contributed by atoms with Crippen molar-refractivity contribution in [1.82, 2.24) is 16.0 Å². The monoisotopic (exact) mass is 479 g/mol. The van der Waals surface area contributed by atoms with Gasteiger partial charge in [-0.25, -0.2) is 0 Å². The normalized spacial score (nSPS) is 12.0. The van der Waals surface area contributed by atoms with Gasteiger partial charge in [-0.3, -0.25) is 14.4 Å².